The molecule has 26 heavy (non-hydrogen) atoms. The van der Waals surface area contributed by atoms with Gasteiger partial charge in [-0.15, -0.1) is 0 Å². The maximum Gasteiger partial charge on any atom is 0.131 e. The number of nitrogens with zero attached hydrogens (tertiary/aromatic N) is 4. The molecule has 136 valence electrons. The summed E-state index contributed by atoms with van der Waals surface area (Å²) >= 11 is 4.51. The van der Waals surface area contributed by atoms with Crippen LogP contribution in [0.5, 0.6) is 11.5 Å². The van der Waals surface area contributed by atoms with E-state index in [1.54, 1.807) is 14.2 Å². The van der Waals surface area contributed by atoms with Crippen molar-refractivity contribution in [3.63, 3.8) is 0 Å². The molecule has 0 radical (unpaired) electrons. The summed E-state index contributed by atoms with van der Waals surface area (Å²) in [5, 5.41) is 11.0. The van der Waals surface area contributed by atoms with E-state index in [1.807, 2.05) is 59.9 Å². The van der Waals surface area contributed by atoms with Crippen LogP contribution < -0.4 is 9.47 Å². The minimum atomic E-state index is 0.849. The summed E-state index contributed by atoms with van der Waals surface area (Å²) in [6.45, 7) is 0. The fourth-order valence-electron chi connectivity index (χ4n) is 2.60. The van der Waals surface area contributed by atoms with E-state index in [0.717, 1.165) is 29.9 Å². The Labute approximate surface area is 178 Å². The smallest absolute Gasteiger partial charge is 0.131 e. The Bertz CT molecular complexity index is 1070. The molecule has 0 spiro atoms. The van der Waals surface area contributed by atoms with E-state index in [9.17, 15) is 0 Å². The van der Waals surface area contributed by atoms with Gasteiger partial charge in [0.15, 0.2) is 0 Å². The van der Waals surface area contributed by atoms with Crippen molar-refractivity contribution in [2.45, 2.75) is 0 Å². The first kappa shape index (κ1) is 19.2. The summed E-state index contributed by atoms with van der Waals surface area (Å²) in [4.78, 5) is 0. The molecule has 0 aliphatic carbocycles. The molecule has 0 N–H and O–H groups in total. The maximum atomic E-state index is 5.14. The molecule has 4 aromatic rings. The van der Waals surface area contributed by atoms with Gasteiger partial charge in [-0.1, -0.05) is 0 Å². The zero-order valence-electron chi connectivity index (χ0n) is 14.8. The zero-order chi connectivity index (χ0) is 18.8. The molecule has 0 amide bonds. The lowest BCUT2D eigenvalue weighted by atomic mass is 10.2. The molecular formula is C18H18I2N4O2. The maximum absolute atomic E-state index is 5.14. The molecule has 2 heterocycles. The summed E-state index contributed by atoms with van der Waals surface area (Å²) in [5.74, 6) is 1.72. The number of aromatic nitrogens is 4. The van der Waals surface area contributed by atoms with Crippen molar-refractivity contribution in [2.75, 3.05) is 14.2 Å². The lowest BCUT2D eigenvalue weighted by Gasteiger charge is -1.99. The molecule has 4 rings (SSSR count). The van der Waals surface area contributed by atoms with E-state index in [2.05, 4.69) is 55.4 Å². The first-order valence-corrected chi connectivity index (χ1v) is 9.93. The monoisotopic (exact) mass is 576 g/mol. The van der Waals surface area contributed by atoms with Crippen LogP contribution in [-0.4, -0.2) is 33.8 Å². The zero-order valence-corrected chi connectivity index (χ0v) is 19.1. The third-order valence-corrected chi connectivity index (χ3v) is 6.06. The second-order valence-corrected chi connectivity index (χ2v) is 7.64. The highest BCUT2D eigenvalue weighted by molar-refractivity contribution is 14.1. The van der Waals surface area contributed by atoms with Crippen molar-refractivity contribution in [1.29, 1.82) is 0 Å². The summed E-state index contributed by atoms with van der Waals surface area (Å²) in [6, 6.07) is 11.9. The molecule has 0 aliphatic heterocycles. The molecule has 0 saturated carbocycles. The highest BCUT2D eigenvalue weighted by atomic mass is 127. The number of halogens is 2. The predicted molar refractivity (Wildman–Crippen MR) is 120 cm³/mol. The highest BCUT2D eigenvalue weighted by Gasteiger charge is 2.06. The van der Waals surface area contributed by atoms with Crippen LogP contribution >= 0.6 is 45.2 Å². The molecule has 2 aromatic carbocycles. The second-order valence-electron chi connectivity index (χ2n) is 5.59. The van der Waals surface area contributed by atoms with Crippen LogP contribution in [0.1, 0.15) is 0 Å². The lowest BCUT2D eigenvalue weighted by Crippen LogP contribution is -1.91. The average molecular weight is 576 g/mol. The van der Waals surface area contributed by atoms with Gasteiger partial charge in [-0.25, -0.2) is 0 Å². The molecule has 0 unspecified atom stereocenters. The topological polar surface area (TPSA) is 54.1 Å². The van der Waals surface area contributed by atoms with Crippen molar-refractivity contribution >= 4 is 67.0 Å². The Hall–Kier alpha value is -1.56. The summed E-state index contributed by atoms with van der Waals surface area (Å²) < 4.78 is 16.2. The van der Waals surface area contributed by atoms with Gasteiger partial charge in [-0.05, 0) is 69.4 Å². The Kier molecular flexibility index (Phi) is 5.90. The number of hydrogen-bond acceptors (Lipinski definition) is 4. The Morgan fingerprint density at radius 2 is 1.42 bits per heavy atom. The fourth-order valence-corrected chi connectivity index (χ4v) is 3.94. The molecule has 0 bridgehead atoms. The molecule has 6 nitrogen and oxygen atoms in total. The number of benzene rings is 2. The normalized spacial score (nSPS) is 10.7. The number of hydrogen-bond donors (Lipinski definition) is 0. The molecule has 0 aliphatic rings. The van der Waals surface area contributed by atoms with Gasteiger partial charge in [0.2, 0.25) is 0 Å². The van der Waals surface area contributed by atoms with Crippen molar-refractivity contribution in [3.05, 3.63) is 43.8 Å². The molecule has 8 heteroatoms. The van der Waals surface area contributed by atoms with Crippen molar-refractivity contribution < 1.29 is 9.47 Å². The van der Waals surface area contributed by atoms with Gasteiger partial charge < -0.3 is 9.47 Å². The third kappa shape index (κ3) is 3.75. The van der Waals surface area contributed by atoms with E-state index in [0.29, 0.717) is 0 Å². The van der Waals surface area contributed by atoms with Gasteiger partial charge in [0.05, 0.1) is 25.3 Å². The first-order chi connectivity index (χ1) is 12.4. The van der Waals surface area contributed by atoms with Crippen LogP contribution in [0, 0.1) is 7.40 Å². The molecule has 0 atom stereocenters. The SMILES string of the molecule is COc1ccc2c(I)n(C)nc2c1.COc1ccc2c(I)nn(C)c2c1. The van der Waals surface area contributed by atoms with E-state index in [4.69, 9.17) is 9.47 Å². The summed E-state index contributed by atoms with van der Waals surface area (Å²) in [6.07, 6.45) is 0. The van der Waals surface area contributed by atoms with E-state index >= 15 is 0 Å². The van der Waals surface area contributed by atoms with Crippen LogP contribution in [0.3, 0.4) is 0 Å². The summed E-state index contributed by atoms with van der Waals surface area (Å²) in [5.41, 5.74) is 2.08. The second kappa shape index (κ2) is 7.99. The van der Waals surface area contributed by atoms with Crippen LogP contribution in [0.4, 0.5) is 0 Å². The minimum absolute atomic E-state index is 0.849. The Morgan fingerprint density at radius 1 is 0.808 bits per heavy atom. The van der Waals surface area contributed by atoms with Gasteiger partial charge >= 0.3 is 0 Å². The van der Waals surface area contributed by atoms with Gasteiger partial charge in [-0.2, -0.15) is 10.2 Å². The van der Waals surface area contributed by atoms with E-state index < -0.39 is 0 Å². The van der Waals surface area contributed by atoms with E-state index in [-0.39, 0.29) is 0 Å². The van der Waals surface area contributed by atoms with E-state index in [1.165, 1.54) is 10.8 Å². The molecule has 2 aromatic heterocycles. The fraction of sp³-hybridized carbons (Fsp3) is 0.222. The van der Waals surface area contributed by atoms with Gasteiger partial charge in [-0.3, -0.25) is 9.36 Å². The number of aryl methyl sites for hydroxylation is 2. The Balaban J connectivity index is 0.000000151. The van der Waals surface area contributed by atoms with Crippen molar-refractivity contribution in [3.8, 4) is 11.5 Å². The van der Waals surface area contributed by atoms with Crippen LogP contribution in [0.2, 0.25) is 0 Å². The van der Waals surface area contributed by atoms with Crippen LogP contribution in [0.25, 0.3) is 21.8 Å². The standard InChI is InChI=1S/2C9H9IN2O/c1-12-8-5-6(13-2)3-4-7(8)9(10)11-12;1-12-9(10)7-4-3-6(13-2)5-8(7)11-12/h2*3-5H,1-2H3. The lowest BCUT2D eigenvalue weighted by molar-refractivity contribution is 0.415. The van der Waals surface area contributed by atoms with Crippen LogP contribution in [-0.2, 0) is 14.1 Å². The third-order valence-electron chi connectivity index (χ3n) is 3.98. The Morgan fingerprint density at radius 3 is 2.08 bits per heavy atom. The molecule has 0 fully saturated rings. The molecular weight excluding hydrogens is 558 g/mol. The quantitative estimate of drug-likeness (QED) is 0.333. The van der Waals surface area contributed by atoms with Gasteiger partial charge in [0.25, 0.3) is 0 Å². The minimum Gasteiger partial charge on any atom is -0.497 e. The number of fused-ring (bicyclic) bond motifs is 2. The summed E-state index contributed by atoms with van der Waals surface area (Å²) in [7, 11) is 7.20. The van der Waals surface area contributed by atoms with Crippen molar-refractivity contribution in [2.24, 2.45) is 14.1 Å². The average Bonchev–Trinajstić information content (AvgIpc) is 3.10. The van der Waals surface area contributed by atoms with Crippen LogP contribution in [0.15, 0.2) is 36.4 Å². The largest absolute Gasteiger partial charge is 0.497 e. The van der Waals surface area contributed by atoms with Gasteiger partial charge in [0, 0.05) is 37.0 Å². The predicted octanol–water partition coefficient (Wildman–Crippen LogP) is 4.37. The van der Waals surface area contributed by atoms with Gasteiger partial charge in [0.1, 0.15) is 18.9 Å². The number of ether oxygens (including phenoxy) is 2. The molecule has 0 saturated heterocycles. The highest BCUT2D eigenvalue weighted by Crippen LogP contribution is 2.24. The number of rotatable bonds is 2. The number of methoxy groups -OCH3 is 2. The van der Waals surface area contributed by atoms with Crippen molar-refractivity contribution in [1.82, 2.24) is 19.6 Å². The first-order valence-electron chi connectivity index (χ1n) is 7.77.